The number of carbonyl (C=O) groups is 1. The molecule has 2 aliphatic heterocycles. The SMILES string of the molecule is O=C(CCCn1ccnc1)N1C[C@@H](CO)[C@@H](CN2CCCCCC2)C1. The van der Waals surface area contributed by atoms with Gasteiger partial charge >= 0.3 is 0 Å². The van der Waals surface area contributed by atoms with Crippen LogP contribution in [0.2, 0.25) is 0 Å². The lowest BCUT2D eigenvalue weighted by atomic mass is 9.96. The first-order valence-electron chi connectivity index (χ1n) is 9.83. The third-order valence-corrected chi connectivity index (χ3v) is 5.72. The Hall–Kier alpha value is -1.40. The molecule has 140 valence electrons. The van der Waals surface area contributed by atoms with Crippen molar-refractivity contribution >= 4 is 5.91 Å². The molecular weight excluding hydrogens is 316 g/mol. The monoisotopic (exact) mass is 348 g/mol. The number of imidazole rings is 1. The molecule has 2 atom stereocenters. The fourth-order valence-corrected chi connectivity index (χ4v) is 4.20. The summed E-state index contributed by atoms with van der Waals surface area (Å²) in [6.07, 6.45) is 12.2. The van der Waals surface area contributed by atoms with Gasteiger partial charge in [0.2, 0.25) is 5.91 Å². The molecule has 0 unspecified atom stereocenters. The predicted octanol–water partition coefficient (Wildman–Crippen LogP) is 1.61. The van der Waals surface area contributed by atoms with Gasteiger partial charge in [-0.25, -0.2) is 4.98 Å². The number of carbonyl (C=O) groups excluding carboxylic acids is 1. The van der Waals surface area contributed by atoms with Gasteiger partial charge in [0.05, 0.1) is 6.33 Å². The van der Waals surface area contributed by atoms with Crippen molar-refractivity contribution in [1.82, 2.24) is 19.4 Å². The second-order valence-electron chi connectivity index (χ2n) is 7.62. The van der Waals surface area contributed by atoms with E-state index < -0.39 is 0 Å². The minimum atomic E-state index is 0.192. The van der Waals surface area contributed by atoms with Crippen LogP contribution >= 0.6 is 0 Å². The summed E-state index contributed by atoms with van der Waals surface area (Å²) in [5.74, 6) is 0.887. The van der Waals surface area contributed by atoms with Crippen LogP contribution in [0, 0.1) is 11.8 Å². The highest BCUT2D eigenvalue weighted by Gasteiger charge is 2.35. The van der Waals surface area contributed by atoms with Gasteiger partial charge in [-0.3, -0.25) is 4.79 Å². The van der Waals surface area contributed by atoms with Gasteiger partial charge in [-0.2, -0.15) is 0 Å². The highest BCUT2D eigenvalue weighted by atomic mass is 16.3. The van der Waals surface area contributed by atoms with Gasteiger partial charge in [-0.05, 0) is 38.3 Å². The van der Waals surface area contributed by atoms with Crippen molar-refractivity contribution in [2.45, 2.75) is 45.1 Å². The van der Waals surface area contributed by atoms with E-state index >= 15 is 0 Å². The van der Waals surface area contributed by atoms with Crippen LogP contribution in [0.4, 0.5) is 0 Å². The van der Waals surface area contributed by atoms with Gasteiger partial charge in [0.25, 0.3) is 0 Å². The molecule has 0 bridgehead atoms. The molecule has 1 aromatic rings. The minimum absolute atomic E-state index is 0.192. The highest BCUT2D eigenvalue weighted by Crippen LogP contribution is 2.26. The molecule has 0 radical (unpaired) electrons. The Kier molecular flexibility index (Phi) is 6.87. The second-order valence-corrected chi connectivity index (χ2v) is 7.62. The molecule has 1 amide bonds. The largest absolute Gasteiger partial charge is 0.396 e. The van der Waals surface area contributed by atoms with Crippen LogP contribution in [0.25, 0.3) is 0 Å². The number of nitrogens with zero attached hydrogens (tertiary/aromatic N) is 4. The Labute approximate surface area is 150 Å². The molecule has 3 rings (SSSR count). The summed E-state index contributed by atoms with van der Waals surface area (Å²) in [4.78, 5) is 21.1. The zero-order chi connectivity index (χ0) is 17.5. The molecule has 3 heterocycles. The van der Waals surface area contributed by atoms with E-state index in [4.69, 9.17) is 0 Å². The fourth-order valence-electron chi connectivity index (χ4n) is 4.20. The molecule has 6 nitrogen and oxygen atoms in total. The van der Waals surface area contributed by atoms with Crippen molar-refractivity contribution in [3.8, 4) is 0 Å². The summed E-state index contributed by atoms with van der Waals surface area (Å²) in [6, 6.07) is 0. The number of aromatic nitrogens is 2. The van der Waals surface area contributed by atoms with E-state index in [0.29, 0.717) is 12.3 Å². The molecule has 0 saturated carbocycles. The van der Waals surface area contributed by atoms with E-state index in [-0.39, 0.29) is 18.4 Å². The maximum Gasteiger partial charge on any atom is 0.222 e. The lowest BCUT2D eigenvalue weighted by molar-refractivity contribution is -0.130. The zero-order valence-corrected chi connectivity index (χ0v) is 15.2. The van der Waals surface area contributed by atoms with Crippen molar-refractivity contribution in [3.05, 3.63) is 18.7 Å². The maximum atomic E-state index is 12.5. The first-order valence-corrected chi connectivity index (χ1v) is 9.83. The van der Waals surface area contributed by atoms with Crippen LogP contribution in [-0.2, 0) is 11.3 Å². The number of hydrogen-bond acceptors (Lipinski definition) is 4. The summed E-state index contributed by atoms with van der Waals surface area (Å²) in [6.45, 7) is 5.94. The van der Waals surface area contributed by atoms with Gasteiger partial charge in [0.1, 0.15) is 0 Å². The number of aliphatic hydroxyl groups is 1. The molecule has 25 heavy (non-hydrogen) atoms. The lowest BCUT2D eigenvalue weighted by Gasteiger charge is -2.26. The Balaban J connectivity index is 1.45. The first kappa shape index (κ1) is 18.4. The Morgan fingerprint density at radius 2 is 1.88 bits per heavy atom. The summed E-state index contributed by atoms with van der Waals surface area (Å²) >= 11 is 0. The van der Waals surface area contributed by atoms with Crippen molar-refractivity contribution in [3.63, 3.8) is 0 Å². The molecule has 2 fully saturated rings. The summed E-state index contributed by atoms with van der Waals surface area (Å²) < 4.78 is 2.01. The van der Waals surface area contributed by atoms with Crippen LogP contribution in [0.1, 0.15) is 38.5 Å². The van der Waals surface area contributed by atoms with Gasteiger partial charge < -0.3 is 19.5 Å². The average Bonchev–Trinajstić information content (AvgIpc) is 3.20. The third kappa shape index (κ3) is 5.28. The number of rotatable bonds is 7. The Morgan fingerprint density at radius 3 is 2.56 bits per heavy atom. The van der Waals surface area contributed by atoms with Gasteiger partial charge in [0, 0.05) is 57.5 Å². The predicted molar refractivity (Wildman–Crippen MR) is 97.0 cm³/mol. The first-order chi connectivity index (χ1) is 12.3. The van der Waals surface area contributed by atoms with E-state index in [1.165, 1.54) is 38.8 Å². The molecule has 1 N–H and O–H groups in total. The molecule has 2 aliphatic rings. The molecule has 2 saturated heterocycles. The average molecular weight is 348 g/mol. The number of aliphatic hydroxyl groups excluding tert-OH is 1. The smallest absolute Gasteiger partial charge is 0.222 e. The quantitative estimate of drug-likeness (QED) is 0.813. The van der Waals surface area contributed by atoms with Crippen LogP contribution in [0.3, 0.4) is 0 Å². The standard InChI is InChI=1S/C19H32N4O2/c24-15-18-14-23(19(25)6-5-10-22-11-7-20-16-22)13-17(18)12-21-8-3-1-2-4-9-21/h7,11,16-18,24H,1-6,8-10,12-15H2/t17-,18-/m0/s1. The second kappa shape index (κ2) is 9.34. The molecule has 0 aromatic carbocycles. The Bertz CT molecular complexity index is 512. The Morgan fingerprint density at radius 1 is 1.12 bits per heavy atom. The zero-order valence-electron chi connectivity index (χ0n) is 15.2. The fraction of sp³-hybridized carbons (Fsp3) is 0.789. The van der Waals surface area contributed by atoms with E-state index in [0.717, 1.165) is 32.6 Å². The third-order valence-electron chi connectivity index (χ3n) is 5.72. The van der Waals surface area contributed by atoms with E-state index in [1.54, 1.807) is 12.5 Å². The van der Waals surface area contributed by atoms with Gasteiger partial charge in [-0.15, -0.1) is 0 Å². The number of likely N-dealkylation sites (tertiary alicyclic amines) is 2. The van der Waals surface area contributed by atoms with Crippen molar-refractivity contribution in [2.24, 2.45) is 11.8 Å². The molecule has 6 heteroatoms. The topological polar surface area (TPSA) is 61.6 Å². The lowest BCUT2D eigenvalue weighted by Crippen LogP contribution is -2.35. The summed E-state index contributed by atoms with van der Waals surface area (Å²) in [7, 11) is 0. The normalized spacial score (nSPS) is 25.2. The molecule has 0 aliphatic carbocycles. The number of amides is 1. The molecule has 0 spiro atoms. The van der Waals surface area contributed by atoms with Crippen LogP contribution < -0.4 is 0 Å². The number of hydrogen-bond donors (Lipinski definition) is 1. The van der Waals surface area contributed by atoms with Gasteiger partial charge in [-0.1, -0.05) is 12.8 Å². The summed E-state index contributed by atoms with van der Waals surface area (Å²) in [5.41, 5.74) is 0. The van der Waals surface area contributed by atoms with E-state index in [9.17, 15) is 9.90 Å². The van der Waals surface area contributed by atoms with Crippen LogP contribution in [0.5, 0.6) is 0 Å². The molecule has 1 aromatic heterocycles. The molecular formula is C19H32N4O2. The van der Waals surface area contributed by atoms with Crippen molar-refractivity contribution < 1.29 is 9.90 Å². The van der Waals surface area contributed by atoms with E-state index in [2.05, 4.69) is 9.88 Å². The minimum Gasteiger partial charge on any atom is -0.396 e. The highest BCUT2D eigenvalue weighted by molar-refractivity contribution is 5.76. The maximum absolute atomic E-state index is 12.5. The number of aryl methyl sites for hydroxylation is 1. The summed E-state index contributed by atoms with van der Waals surface area (Å²) in [5, 5.41) is 9.76. The van der Waals surface area contributed by atoms with E-state index in [1.807, 2.05) is 15.7 Å². The van der Waals surface area contributed by atoms with Crippen LogP contribution in [0.15, 0.2) is 18.7 Å². The van der Waals surface area contributed by atoms with Crippen molar-refractivity contribution in [2.75, 3.05) is 39.3 Å². The van der Waals surface area contributed by atoms with Crippen LogP contribution in [-0.4, -0.2) is 69.7 Å². The van der Waals surface area contributed by atoms with Gasteiger partial charge in [0.15, 0.2) is 0 Å². The van der Waals surface area contributed by atoms with Crippen molar-refractivity contribution in [1.29, 1.82) is 0 Å².